The maximum atomic E-state index is 12.8. The van der Waals surface area contributed by atoms with Crippen molar-refractivity contribution < 1.29 is 14.3 Å². The van der Waals surface area contributed by atoms with Gasteiger partial charge in [0, 0.05) is 5.41 Å². The Balaban J connectivity index is 1.40. The molecule has 120 valence electrons. The van der Waals surface area contributed by atoms with Gasteiger partial charge in [0.25, 0.3) is 0 Å². The van der Waals surface area contributed by atoms with Gasteiger partial charge in [-0.1, -0.05) is 0 Å². The summed E-state index contributed by atoms with van der Waals surface area (Å²) in [6.07, 6.45) is 6.41. The molecular weight excluding hydrogens is 278 g/mol. The highest BCUT2D eigenvalue weighted by Crippen LogP contribution is 2.60. The van der Waals surface area contributed by atoms with Crippen LogP contribution in [0.25, 0.3) is 0 Å². The summed E-state index contributed by atoms with van der Waals surface area (Å²) in [5.74, 6) is 3.75. The summed E-state index contributed by atoms with van der Waals surface area (Å²) < 4.78 is 5.43. The first-order valence-electron chi connectivity index (χ1n) is 8.57. The normalized spacial score (nSPS) is 37.3. The molecule has 5 rings (SSSR count). The largest absolute Gasteiger partial charge is 0.464 e. The van der Waals surface area contributed by atoms with Gasteiger partial charge in [-0.15, -0.1) is 0 Å². The summed E-state index contributed by atoms with van der Waals surface area (Å²) >= 11 is 0. The fourth-order valence-electron chi connectivity index (χ4n) is 5.50. The Morgan fingerprint density at radius 1 is 1.27 bits per heavy atom. The van der Waals surface area contributed by atoms with Crippen molar-refractivity contribution in [2.45, 2.75) is 51.6 Å². The highest BCUT2D eigenvalue weighted by Gasteiger charge is 2.54. The van der Waals surface area contributed by atoms with Crippen molar-refractivity contribution in [3.05, 3.63) is 23.7 Å². The van der Waals surface area contributed by atoms with Crippen LogP contribution in [0.2, 0.25) is 0 Å². The second kappa shape index (κ2) is 5.12. The van der Waals surface area contributed by atoms with Crippen LogP contribution in [-0.4, -0.2) is 17.6 Å². The molecule has 22 heavy (non-hydrogen) atoms. The topological polar surface area (TPSA) is 62.5 Å². The van der Waals surface area contributed by atoms with Gasteiger partial charge < -0.3 is 14.8 Å². The molecule has 1 aromatic heterocycles. The molecule has 1 aromatic rings. The molecule has 0 aromatic carbocycles. The van der Waals surface area contributed by atoms with E-state index < -0.39 is 6.10 Å². The monoisotopic (exact) mass is 303 g/mol. The average molecular weight is 303 g/mol. The fourth-order valence-corrected chi connectivity index (χ4v) is 5.50. The molecule has 4 bridgehead atoms. The lowest BCUT2D eigenvalue weighted by molar-refractivity contribution is -0.146. The fraction of sp³-hybridized carbons (Fsp3) is 0.722. The van der Waals surface area contributed by atoms with Crippen LogP contribution in [0.1, 0.15) is 56.1 Å². The number of carbonyl (C=O) groups is 1. The lowest BCUT2D eigenvalue weighted by Gasteiger charge is -2.55. The quantitative estimate of drug-likeness (QED) is 0.899. The van der Waals surface area contributed by atoms with Crippen LogP contribution in [0.3, 0.4) is 0 Å². The minimum absolute atomic E-state index is 0.145. The summed E-state index contributed by atoms with van der Waals surface area (Å²) in [5.41, 5.74) is -0.145. The maximum absolute atomic E-state index is 12.8. The molecule has 1 amide bonds. The third-order valence-corrected chi connectivity index (χ3v) is 6.07. The second-order valence-corrected chi connectivity index (χ2v) is 7.87. The van der Waals surface area contributed by atoms with Gasteiger partial charge in [0.15, 0.2) is 0 Å². The highest BCUT2D eigenvalue weighted by molar-refractivity contribution is 5.83. The van der Waals surface area contributed by atoms with Gasteiger partial charge in [-0.05, 0) is 75.3 Å². The van der Waals surface area contributed by atoms with E-state index in [4.69, 9.17) is 4.42 Å². The van der Waals surface area contributed by atoms with E-state index in [9.17, 15) is 9.90 Å². The predicted octanol–water partition coefficient (Wildman–Crippen LogP) is 2.95. The van der Waals surface area contributed by atoms with Crippen LogP contribution in [0, 0.1) is 30.1 Å². The van der Waals surface area contributed by atoms with E-state index in [0.29, 0.717) is 5.76 Å². The molecule has 4 nitrogen and oxygen atoms in total. The number of amides is 1. The first-order valence-corrected chi connectivity index (χ1v) is 8.57. The zero-order chi connectivity index (χ0) is 15.3. The Hall–Kier alpha value is -1.29. The highest BCUT2D eigenvalue weighted by atomic mass is 16.4. The Morgan fingerprint density at radius 3 is 2.36 bits per heavy atom. The van der Waals surface area contributed by atoms with Gasteiger partial charge in [0.1, 0.15) is 17.6 Å². The molecule has 1 unspecified atom stereocenters. The van der Waals surface area contributed by atoms with Crippen molar-refractivity contribution in [2.24, 2.45) is 23.2 Å². The lowest BCUT2D eigenvalue weighted by Crippen LogP contribution is -2.54. The minimum atomic E-state index is -0.758. The van der Waals surface area contributed by atoms with E-state index in [0.717, 1.165) is 42.8 Å². The van der Waals surface area contributed by atoms with E-state index in [1.165, 1.54) is 19.3 Å². The van der Waals surface area contributed by atoms with Crippen molar-refractivity contribution >= 4 is 5.91 Å². The zero-order valence-electron chi connectivity index (χ0n) is 13.2. The van der Waals surface area contributed by atoms with Gasteiger partial charge in [-0.25, -0.2) is 0 Å². The van der Waals surface area contributed by atoms with Crippen molar-refractivity contribution in [1.82, 2.24) is 5.32 Å². The van der Waals surface area contributed by atoms with Gasteiger partial charge in [0.2, 0.25) is 5.91 Å². The van der Waals surface area contributed by atoms with E-state index in [2.05, 4.69) is 5.32 Å². The minimum Gasteiger partial charge on any atom is -0.464 e. The first-order chi connectivity index (χ1) is 10.5. The van der Waals surface area contributed by atoms with Crippen molar-refractivity contribution in [3.8, 4) is 0 Å². The summed E-state index contributed by atoms with van der Waals surface area (Å²) in [4.78, 5) is 12.8. The summed E-state index contributed by atoms with van der Waals surface area (Å²) in [7, 11) is 0. The third-order valence-electron chi connectivity index (χ3n) is 6.07. The molecular formula is C18H25NO3. The van der Waals surface area contributed by atoms with E-state index in [-0.39, 0.29) is 17.9 Å². The average Bonchev–Trinajstić information content (AvgIpc) is 2.89. The Bertz CT molecular complexity index is 541. The maximum Gasteiger partial charge on any atom is 0.226 e. The number of aliphatic hydroxyl groups excluding tert-OH is 1. The number of furan rings is 1. The third kappa shape index (κ3) is 2.37. The molecule has 4 saturated carbocycles. The molecule has 1 atom stereocenters. The van der Waals surface area contributed by atoms with Crippen molar-refractivity contribution in [2.75, 3.05) is 6.54 Å². The SMILES string of the molecule is Cc1ccc(C(O)CNC(=O)C23CC4CC(CC(C4)C2)C3)o1. The van der Waals surface area contributed by atoms with Gasteiger partial charge in [-0.2, -0.15) is 0 Å². The molecule has 0 saturated heterocycles. The van der Waals surface area contributed by atoms with Crippen molar-refractivity contribution in [1.29, 1.82) is 0 Å². The number of aliphatic hydroxyl groups is 1. The summed E-state index contributed by atoms with van der Waals surface area (Å²) in [6.45, 7) is 2.10. The predicted molar refractivity (Wildman–Crippen MR) is 82.0 cm³/mol. The Labute approximate surface area is 131 Å². The second-order valence-electron chi connectivity index (χ2n) is 7.87. The molecule has 4 fully saturated rings. The van der Waals surface area contributed by atoms with Crippen LogP contribution < -0.4 is 5.32 Å². The number of hydrogen-bond donors (Lipinski definition) is 2. The summed E-state index contributed by atoms with van der Waals surface area (Å²) in [6, 6.07) is 3.61. The van der Waals surface area contributed by atoms with Crippen LogP contribution >= 0.6 is 0 Å². The van der Waals surface area contributed by atoms with Gasteiger partial charge in [0.05, 0.1) is 6.54 Å². The van der Waals surface area contributed by atoms with Gasteiger partial charge in [-0.3, -0.25) is 4.79 Å². The molecule has 1 heterocycles. The molecule has 4 aliphatic carbocycles. The Kier molecular flexibility index (Phi) is 3.33. The first kappa shape index (κ1) is 14.3. The van der Waals surface area contributed by atoms with Crippen LogP contribution in [0.15, 0.2) is 16.5 Å². The number of rotatable bonds is 4. The lowest BCUT2D eigenvalue weighted by atomic mass is 9.49. The van der Waals surface area contributed by atoms with Gasteiger partial charge >= 0.3 is 0 Å². The molecule has 4 heteroatoms. The number of aryl methyl sites for hydroxylation is 1. The van der Waals surface area contributed by atoms with Crippen molar-refractivity contribution in [3.63, 3.8) is 0 Å². The zero-order valence-corrected chi connectivity index (χ0v) is 13.2. The van der Waals surface area contributed by atoms with Crippen LogP contribution in [0.4, 0.5) is 0 Å². The number of hydrogen-bond acceptors (Lipinski definition) is 3. The molecule has 0 radical (unpaired) electrons. The molecule has 4 aliphatic rings. The molecule has 2 N–H and O–H groups in total. The van der Waals surface area contributed by atoms with Crippen LogP contribution in [0.5, 0.6) is 0 Å². The smallest absolute Gasteiger partial charge is 0.226 e. The molecule has 0 aliphatic heterocycles. The van der Waals surface area contributed by atoms with E-state index >= 15 is 0 Å². The van der Waals surface area contributed by atoms with Crippen LogP contribution in [-0.2, 0) is 4.79 Å². The Morgan fingerprint density at radius 2 is 1.86 bits per heavy atom. The standard InChI is InChI=1S/C18H25NO3/c1-11-2-3-16(22-11)15(20)10-19-17(21)18-7-12-4-13(8-18)6-14(5-12)9-18/h2-3,12-15,20H,4-10H2,1H3,(H,19,21). The van der Waals surface area contributed by atoms with E-state index in [1.54, 1.807) is 6.07 Å². The van der Waals surface area contributed by atoms with E-state index in [1.807, 2.05) is 13.0 Å². The number of carbonyl (C=O) groups excluding carboxylic acids is 1. The molecule has 0 spiro atoms. The number of nitrogens with one attached hydrogen (secondary N) is 1. The summed E-state index contributed by atoms with van der Waals surface area (Å²) in [5, 5.41) is 13.2.